The Morgan fingerprint density at radius 3 is 3.12 bits per heavy atom. The van der Waals surface area contributed by atoms with Crippen LogP contribution in [-0.4, -0.2) is 33.1 Å². The number of fused-ring (bicyclic) bond motifs is 1. The van der Waals surface area contributed by atoms with Crippen LogP contribution in [0.4, 0.5) is 0 Å². The lowest BCUT2D eigenvalue weighted by atomic mass is 9.97. The van der Waals surface area contributed by atoms with E-state index in [0.29, 0.717) is 24.7 Å². The van der Waals surface area contributed by atoms with Crippen LogP contribution in [0.3, 0.4) is 0 Å². The molecular weight excluding hydrogens is 334 g/mol. The van der Waals surface area contributed by atoms with E-state index in [1.165, 1.54) is 0 Å². The van der Waals surface area contributed by atoms with Gasteiger partial charge in [-0.2, -0.15) is 4.98 Å². The molecule has 8 nitrogen and oxygen atoms in total. The van der Waals surface area contributed by atoms with Crippen LogP contribution in [0.5, 0.6) is 0 Å². The molecule has 0 aliphatic carbocycles. The van der Waals surface area contributed by atoms with Gasteiger partial charge in [0.05, 0.1) is 6.54 Å². The van der Waals surface area contributed by atoms with Gasteiger partial charge in [0, 0.05) is 30.6 Å². The molecule has 1 unspecified atom stereocenters. The van der Waals surface area contributed by atoms with Crippen LogP contribution in [-0.2, 0) is 22.7 Å². The first-order chi connectivity index (χ1) is 12.7. The average molecular weight is 353 g/mol. The van der Waals surface area contributed by atoms with Crippen molar-refractivity contribution in [3.63, 3.8) is 0 Å². The molecule has 1 aliphatic rings. The molecule has 8 heteroatoms. The quantitative estimate of drug-likeness (QED) is 0.720. The van der Waals surface area contributed by atoms with Crippen molar-refractivity contribution in [1.29, 1.82) is 0 Å². The van der Waals surface area contributed by atoms with Gasteiger partial charge in [-0.3, -0.25) is 9.59 Å². The van der Waals surface area contributed by atoms with Gasteiger partial charge >= 0.3 is 0 Å². The molecule has 1 fully saturated rings. The Kier molecular flexibility index (Phi) is 4.39. The van der Waals surface area contributed by atoms with E-state index in [0.717, 1.165) is 17.3 Å². The SMILES string of the molecule is O=C1CC(c2noc(CNC(=O)Cn3ccc4ccccc43)n2)CCN1. The fourth-order valence-electron chi connectivity index (χ4n) is 3.17. The summed E-state index contributed by atoms with van der Waals surface area (Å²) in [7, 11) is 0. The van der Waals surface area contributed by atoms with E-state index < -0.39 is 0 Å². The number of benzene rings is 1. The first-order valence-electron chi connectivity index (χ1n) is 8.59. The van der Waals surface area contributed by atoms with Gasteiger partial charge < -0.3 is 19.7 Å². The Labute approximate surface area is 149 Å². The van der Waals surface area contributed by atoms with Crippen LogP contribution in [0.25, 0.3) is 10.9 Å². The number of carbonyl (C=O) groups excluding carboxylic acids is 2. The molecule has 26 heavy (non-hydrogen) atoms. The molecule has 1 saturated heterocycles. The second-order valence-corrected chi connectivity index (χ2v) is 6.37. The van der Waals surface area contributed by atoms with E-state index in [4.69, 9.17) is 4.52 Å². The molecule has 0 bridgehead atoms. The van der Waals surface area contributed by atoms with Crippen LogP contribution in [0.15, 0.2) is 41.1 Å². The van der Waals surface area contributed by atoms with Gasteiger partial charge in [0.2, 0.25) is 17.7 Å². The maximum atomic E-state index is 12.2. The normalized spacial score (nSPS) is 17.2. The van der Waals surface area contributed by atoms with Crippen molar-refractivity contribution in [2.24, 2.45) is 0 Å². The molecule has 3 heterocycles. The van der Waals surface area contributed by atoms with Crippen molar-refractivity contribution in [2.45, 2.75) is 31.8 Å². The topological polar surface area (TPSA) is 102 Å². The molecule has 0 spiro atoms. The number of carbonyl (C=O) groups is 2. The summed E-state index contributed by atoms with van der Waals surface area (Å²) < 4.78 is 7.09. The van der Waals surface area contributed by atoms with E-state index in [9.17, 15) is 9.59 Å². The van der Waals surface area contributed by atoms with Crippen molar-refractivity contribution < 1.29 is 14.1 Å². The second kappa shape index (κ2) is 6.99. The zero-order valence-corrected chi connectivity index (χ0v) is 14.1. The Hall–Kier alpha value is -3.16. The summed E-state index contributed by atoms with van der Waals surface area (Å²) in [6.45, 7) is 1.01. The monoisotopic (exact) mass is 353 g/mol. The third-order valence-electron chi connectivity index (χ3n) is 4.53. The minimum Gasteiger partial charge on any atom is -0.356 e. The number of aromatic nitrogens is 3. The van der Waals surface area contributed by atoms with Crippen molar-refractivity contribution in [1.82, 2.24) is 25.3 Å². The van der Waals surface area contributed by atoms with Crippen LogP contribution >= 0.6 is 0 Å². The Bertz CT molecular complexity index is 945. The molecule has 2 N–H and O–H groups in total. The summed E-state index contributed by atoms with van der Waals surface area (Å²) >= 11 is 0. The number of para-hydroxylation sites is 1. The minimum absolute atomic E-state index is 0.000137. The van der Waals surface area contributed by atoms with Crippen molar-refractivity contribution in [3.8, 4) is 0 Å². The Morgan fingerprint density at radius 2 is 2.23 bits per heavy atom. The molecule has 2 amide bonds. The number of piperidine rings is 1. The van der Waals surface area contributed by atoms with Crippen molar-refractivity contribution >= 4 is 22.7 Å². The van der Waals surface area contributed by atoms with E-state index in [1.54, 1.807) is 0 Å². The third kappa shape index (κ3) is 3.44. The fourth-order valence-corrected chi connectivity index (χ4v) is 3.17. The smallest absolute Gasteiger partial charge is 0.246 e. The van der Waals surface area contributed by atoms with E-state index >= 15 is 0 Å². The Morgan fingerprint density at radius 1 is 1.35 bits per heavy atom. The predicted octanol–water partition coefficient (Wildman–Crippen LogP) is 1.33. The standard InChI is InChI=1S/C18H19N5O3/c24-15-9-13(5-7-19-15)18-21-17(26-22-18)10-20-16(25)11-23-8-6-12-3-1-2-4-14(12)23/h1-4,6,8,13H,5,7,9-11H2,(H,19,24)(H,20,25). The molecule has 0 saturated carbocycles. The summed E-state index contributed by atoms with van der Waals surface area (Å²) in [6, 6.07) is 9.88. The maximum absolute atomic E-state index is 12.2. The predicted molar refractivity (Wildman–Crippen MR) is 93.1 cm³/mol. The zero-order valence-electron chi connectivity index (χ0n) is 14.1. The summed E-state index contributed by atoms with van der Waals surface area (Å²) in [6.07, 6.45) is 3.05. The van der Waals surface area contributed by atoms with Gasteiger partial charge in [0.1, 0.15) is 6.54 Å². The number of amides is 2. The van der Waals surface area contributed by atoms with Gasteiger partial charge in [0.15, 0.2) is 5.82 Å². The van der Waals surface area contributed by atoms with Gasteiger partial charge in [-0.1, -0.05) is 23.4 Å². The summed E-state index contributed by atoms with van der Waals surface area (Å²) in [4.78, 5) is 28.0. The number of hydrogen-bond donors (Lipinski definition) is 2. The molecule has 3 aromatic rings. The van der Waals surface area contributed by atoms with Crippen molar-refractivity contribution in [3.05, 3.63) is 48.2 Å². The maximum Gasteiger partial charge on any atom is 0.246 e. The fraction of sp³-hybridized carbons (Fsp3) is 0.333. The van der Waals surface area contributed by atoms with Gasteiger partial charge in [-0.25, -0.2) is 0 Å². The molecule has 1 aliphatic heterocycles. The zero-order chi connectivity index (χ0) is 17.9. The van der Waals surface area contributed by atoms with Crippen molar-refractivity contribution in [2.75, 3.05) is 6.54 Å². The number of rotatable bonds is 5. The van der Waals surface area contributed by atoms with E-state index in [1.807, 2.05) is 41.1 Å². The number of hydrogen-bond acceptors (Lipinski definition) is 5. The van der Waals surface area contributed by atoms with Gasteiger partial charge in [0.25, 0.3) is 0 Å². The Balaban J connectivity index is 1.34. The summed E-state index contributed by atoms with van der Waals surface area (Å²) in [5.41, 5.74) is 1.01. The highest BCUT2D eigenvalue weighted by Crippen LogP contribution is 2.23. The summed E-state index contributed by atoms with van der Waals surface area (Å²) in [5, 5.41) is 10.6. The average Bonchev–Trinajstić information content (AvgIpc) is 3.28. The highest BCUT2D eigenvalue weighted by Gasteiger charge is 2.25. The first kappa shape index (κ1) is 16.3. The lowest BCUT2D eigenvalue weighted by molar-refractivity contribution is -0.123. The van der Waals surface area contributed by atoms with Crippen LogP contribution in [0.1, 0.15) is 30.5 Å². The molecule has 1 atom stereocenters. The molecular formula is C18H19N5O3. The number of nitrogens with zero attached hydrogens (tertiary/aromatic N) is 3. The molecule has 2 aromatic heterocycles. The highest BCUT2D eigenvalue weighted by atomic mass is 16.5. The van der Waals surface area contributed by atoms with E-state index in [2.05, 4.69) is 20.8 Å². The molecule has 0 radical (unpaired) electrons. The molecule has 4 rings (SSSR count). The highest BCUT2D eigenvalue weighted by molar-refractivity contribution is 5.83. The lowest BCUT2D eigenvalue weighted by Gasteiger charge is -2.18. The lowest BCUT2D eigenvalue weighted by Crippen LogP contribution is -2.33. The van der Waals surface area contributed by atoms with Crippen LogP contribution in [0.2, 0.25) is 0 Å². The van der Waals surface area contributed by atoms with Gasteiger partial charge in [-0.15, -0.1) is 0 Å². The van der Waals surface area contributed by atoms with Crippen LogP contribution in [0, 0.1) is 0 Å². The van der Waals surface area contributed by atoms with Crippen LogP contribution < -0.4 is 10.6 Å². The largest absolute Gasteiger partial charge is 0.356 e. The van der Waals surface area contributed by atoms with Gasteiger partial charge in [-0.05, 0) is 23.9 Å². The second-order valence-electron chi connectivity index (χ2n) is 6.37. The third-order valence-corrected chi connectivity index (χ3v) is 4.53. The van der Waals surface area contributed by atoms with E-state index in [-0.39, 0.29) is 30.8 Å². The first-order valence-corrected chi connectivity index (χ1v) is 8.59. The molecule has 1 aromatic carbocycles. The number of nitrogens with one attached hydrogen (secondary N) is 2. The summed E-state index contributed by atoms with van der Waals surface area (Å²) in [5.74, 6) is 0.711. The molecule has 134 valence electrons. The minimum atomic E-state index is -0.136.